The molecular weight excluding hydrogens is 461 g/mol. The molecule has 0 aliphatic carbocycles. The van der Waals surface area contributed by atoms with Crippen LogP contribution in [-0.2, 0) is 14.4 Å². The van der Waals surface area contributed by atoms with Gasteiger partial charge in [-0.1, -0.05) is 23.2 Å². The summed E-state index contributed by atoms with van der Waals surface area (Å²) in [5.74, 6) is -3.78. The van der Waals surface area contributed by atoms with Crippen LogP contribution in [0.1, 0.15) is 11.1 Å². The Morgan fingerprint density at radius 3 is 2.29 bits per heavy atom. The van der Waals surface area contributed by atoms with Crippen LogP contribution >= 0.6 is 35.4 Å². The fourth-order valence-electron chi connectivity index (χ4n) is 3.12. The third kappa shape index (κ3) is 4.68. The molecular formula is C20H17Cl2N5O3S. The second kappa shape index (κ2) is 9.01. The van der Waals surface area contributed by atoms with Crippen molar-refractivity contribution in [3.63, 3.8) is 0 Å². The molecule has 31 heavy (non-hydrogen) atoms. The fourth-order valence-corrected chi connectivity index (χ4v) is 3.62. The number of carbonyl (C=O) groups excluding carboxylic acids is 3. The van der Waals surface area contributed by atoms with E-state index in [0.29, 0.717) is 32.5 Å². The van der Waals surface area contributed by atoms with Crippen molar-refractivity contribution in [2.45, 2.75) is 13.8 Å². The summed E-state index contributed by atoms with van der Waals surface area (Å²) >= 11 is 16.6. The van der Waals surface area contributed by atoms with Crippen molar-refractivity contribution >= 4 is 75.3 Å². The Labute approximate surface area is 193 Å². The molecule has 0 aromatic heterocycles. The number of halogens is 2. The SMILES string of the molecule is Cc1cc(Cl)ccc1NC(=O)C1C(=O)N(c2ccc(Cl)cc2C)C(=O)/C1=N\NC(N)=S. The number of hydrogen-bond acceptors (Lipinski definition) is 5. The minimum atomic E-state index is -1.51. The van der Waals surface area contributed by atoms with Gasteiger partial charge in [0.25, 0.3) is 11.8 Å². The smallest absolute Gasteiger partial charge is 0.282 e. The van der Waals surface area contributed by atoms with Crippen LogP contribution in [0.2, 0.25) is 10.0 Å². The number of imide groups is 1. The predicted molar refractivity (Wildman–Crippen MR) is 124 cm³/mol. The Kier molecular flexibility index (Phi) is 6.59. The van der Waals surface area contributed by atoms with E-state index in [1.807, 2.05) is 0 Å². The molecule has 1 aliphatic rings. The third-order valence-electron chi connectivity index (χ3n) is 4.56. The van der Waals surface area contributed by atoms with Gasteiger partial charge < -0.3 is 11.1 Å². The quantitative estimate of drug-likeness (QED) is 0.269. The highest BCUT2D eigenvalue weighted by atomic mass is 35.5. The number of thiocarbonyl (C=S) groups is 1. The van der Waals surface area contributed by atoms with E-state index < -0.39 is 23.6 Å². The fraction of sp³-hybridized carbons (Fsp3) is 0.150. The number of hydrogen-bond donors (Lipinski definition) is 3. The Bertz CT molecular complexity index is 1150. The molecule has 11 heteroatoms. The van der Waals surface area contributed by atoms with Crippen molar-refractivity contribution in [1.29, 1.82) is 0 Å². The van der Waals surface area contributed by atoms with Crippen molar-refractivity contribution < 1.29 is 14.4 Å². The normalized spacial score (nSPS) is 17.2. The molecule has 2 aromatic carbocycles. The number of aryl methyl sites for hydroxylation is 2. The zero-order valence-corrected chi connectivity index (χ0v) is 18.7. The van der Waals surface area contributed by atoms with Gasteiger partial charge in [0, 0.05) is 15.7 Å². The van der Waals surface area contributed by atoms with Crippen LogP contribution in [0.4, 0.5) is 11.4 Å². The van der Waals surface area contributed by atoms with Gasteiger partial charge in [0.2, 0.25) is 5.91 Å². The Morgan fingerprint density at radius 2 is 1.71 bits per heavy atom. The van der Waals surface area contributed by atoms with Gasteiger partial charge in [-0.2, -0.15) is 5.10 Å². The highest BCUT2D eigenvalue weighted by molar-refractivity contribution is 7.80. The number of benzene rings is 2. The first-order chi connectivity index (χ1) is 14.6. The van der Waals surface area contributed by atoms with Gasteiger partial charge in [-0.25, -0.2) is 4.90 Å². The zero-order chi connectivity index (χ0) is 22.9. The molecule has 0 spiro atoms. The molecule has 4 N–H and O–H groups in total. The van der Waals surface area contributed by atoms with Gasteiger partial charge in [-0.05, 0) is 73.6 Å². The van der Waals surface area contributed by atoms with Gasteiger partial charge in [0.05, 0.1) is 5.69 Å². The largest absolute Gasteiger partial charge is 0.375 e. The first kappa shape index (κ1) is 22.7. The van der Waals surface area contributed by atoms with Crippen LogP contribution in [0.5, 0.6) is 0 Å². The van der Waals surface area contributed by atoms with E-state index >= 15 is 0 Å². The summed E-state index contributed by atoms with van der Waals surface area (Å²) in [6.07, 6.45) is 0. The summed E-state index contributed by atoms with van der Waals surface area (Å²) in [6, 6.07) is 9.52. The van der Waals surface area contributed by atoms with Gasteiger partial charge >= 0.3 is 0 Å². The molecule has 8 nitrogen and oxygen atoms in total. The van der Waals surface area contributed by atoms with E-state index in [0.717, 1.165) is 4.90 Å². The molecule has 1 heterocycles. The standard InChI is InChI=1S/C20H17Cl2N5O3S/c1-9-7-11(21)3-5-13(9)24-17(28)15-16(25-26-20(23)31)19(30)27(18(15)29)14-6-4-12(22)8-10(14)2/h3-8,15H,1-2H3,(H,24,28)(H3,23,26,31)/b25-16-. The summed E-state index contributed by atoms with van der Waals surface area (Å²) in [5.41, 5.74) is 9.33. The third-order valence-corrected chi connectivity index (χ3v) is 5.12. The van der Waals surface area contributed by atoms with E-state index in [9.17, 15) is 14.4 Å². The minimum absolute atomic E-state index is 0.221. The lowest BCUT2D eigenvalue weighted by molar-refractivity contribution is -0.127. The average Bonchev–Trinajstić information content (AvgIpc) is 2.92. The number of rotatable bonds is 4. The number of nitrogens with one attached hydrogen (secondary N) is 2. The number of amides is 3. The van der Waals surface area contributed by atoms with E-state index in [1.165, 1.54) is 6.07 Å². The van der Waals surface area contributed by atoms with Crippen molar-refractivity contribution in [3.05, 3.63) is 57.6 Å². The van der Waals surface area contributed by atoms with Gasteiger partial charge in [-0.15, -0.1) is 0 Å². The van der Waals surface area contributed by atoms with Crippen LogP contribution < -0.4 is 21.4 Å². The number of nitrogens with two attached hydrogens (primary N) is 1. The molecule has 2 aromatic rings. The lowest BCUT2D eigenvalue weighted by Gasteiger charge is -2.17. The highest BCUT2D eigenvalue weighted by Crippen LogP contribution is 2.31. The summed E-state index contributed by atoms with van der Waals surface area (Å²) in [7, 11) is 0. The molecule has 0 saturated carbocycles. The zero-order valence-electron chi connectivity index (χ0n) is 16.4. The van der Waals surface area contributed by atoms with Crippen molar-refractivity contribution in [2.75, 3.05) is 10.2 Å². The van der Waals surface area contributed by atoms with E-state index in [1.54, 1.807) is 44.2 Å². The van der Waals surface area contributed by atoms with Gasteiger partial charge in [0.1, 0.15) is 5.71 Å². The van der Waals surface area contributed by atoms with Crippen molar-refractivity contribution in [3.8, 4) is 0 Å². The Morgan fingerprint density at radius 1 is 1.10 bits per heavy atom. The number of nitrogens with zero attached hydrogens (tertiary/aromatic N) is 2. The van der Waals surface area contributed by atoms with E-state index in [4.69, 9.17) is 41.2 Å². The van der Waals surface area contributed by atoms with Crippen LogP contribution in [0, 0.1) is 19.8 Å². The van der Waals surface area contributed by atoms with Gasteiger partial charge in [0.15, 0.2) is 11.0 Å². The summed E-state index contributed by atoms with van der Waals surface area (Å²) in [5, 5.41) is 7.21. The molecule has 1 atom stereocenters. The summed E-state index contributed by atoms with van der Waals surface area (Å²) in [4.78, 5) is 40.2. The Balaban J connectivity index is 2.02. The number of carbonyl (C=O) groups is 3. The molecule has 1 saturated heterocycles. The molecule has 3 rings (SSSR count). The minimum Gasteiger partial charge on any atom is -0.375 e. The first-order valence-electron chi connectivity index (χ1n) is 8.94. The Hall–Kier alpha value is -3.01. The van der Waals surface area contributed by atoms with E-state index in [2.05, 4.69) is 15.8 Å². The maximum Gasteiger partial charge on any atom is 0.282 e. The highest BCUT2D eigenvalue weighted by Gasteiger charge is 2.50. The lowest BCUT2D eigenvalue weighted by atomic mass is 10.0. The topological polar surface area (TPSA) is 117 Å². The van der Waals surface area contributed by atoms with Gasteiger partial charge in [-0.3, -0.25) is 19.8 Å². The van der Waals surface area contributed by atoms with Crippen LogP contribution in [0.3, 0.4) is 0 Å². The molecule has 160 valence electrons. The molecule has 3 amide bonds. The monoisotopic (exact) mass is 477 g/mol. The predicted octanol–water partition coefficient (Wildman–Crippen LogP) is 2.93. The lowest BCUT2D eigenvalue weighted by Crippen LogP contribution is -2.35. The number of hydrazone groups is 1. The van der Waals surface area contributed by atoms with Crippen LogP contribution in [0.15, 0.2) is 41.5 Å². The molecule has 1 unspecified atom stereocenters. The second-order valence-electron chi connectivity index (χ2n) is 6.76. The van der Waals surface area contributed by atoms with Crippen LogP contribution in [-0.4, -0.2) is 28.5 Å². The first-order valence-corrected chi connectivity index (χ1v) is 10.1. The second-order valence-corrected chi connectivity index (χ2v) is 8.08. The maximum absolute atomic E-state index is 13.2. The maximum atomic E-state index is 13.2. The molecule has 1 aliphatic heterocycles. The summed E-state index contributed by atoms with van der Waals surface area (Å²) in [6.45, 7) is 3.44. The average molecular weight is 478 g/mol. The molecule has 1 fully saturated rings. The van der Waals surface area contributed by atoms with E-state index in [-0.39, 0.29) is 10.8 Å². The van der Waals surface area contributed by atoms with Crippen molar-refractivity contribution in [1.82, 2.24) is 5.43 Å². The molecule has 0 bridgehead atoms. The molecule has 0 radical (unpaired) electrons. The van der Waals surface area contributed by atoms with Crippen molar-refractivity contribution in [2.24, 2.45) is 16.8 Å². The van der Waals surface area contributed by atoms with Crippen LogP contribution in [0.25, 0.3) is 0 Å². The number of anilines is 2. The summed E-state index contributed by atoms with van der Waals surface area (Å²) < 4.78 is 0.